The van der Waals surface area contributed by atoms with Gasteiger partial charge in [0.1, 0.15) is 11.6 Å². The SMILES string of the molecule is Cc1cc(C(=O)O)cc(C(=O)N2CCN(c3cc(F)ccc3F)CC2)c1. The first kappa shape index (κ1) is 17.8. The van der Waals surface area contributed by atoms with Gasteiger partial charge in [-0.25, -0.2) is 13.6 Å². The van der Waals surface area contributed by atoms with Gasteiger partial charge in [-0.2, -0.15) is 0 Å². The van der Waals surface area contributed by atoms with Crippen LogP contribution < -0.4 is 4.90 Å². The number of carbonyl (C=O) groups excluding carboxylic acids is 1. The molecule has 0 saturated carbocycles. The number of hydrogen-bond acceptors (Lipinski definition) is 3. The van der Waals surface area contributed by atoms with Crippen LogP contribution in [0.25, 0.3) is 0 Å². The van der Waals surface area contributed by atoms with Crippen molar-refractivity contribution in [2.75, 3.05) is 31.1 Å². The first-order chi connectivity index (χ1) is 12.3. The number of piperazine rings is 1. The van der Waals surface area contributed by atoms with E-state index in [-0.39, 0.29) is 17.2 Å². The van der Waals surface area contributed by atoms with E-state index in [1.165, 1.54) is 12.1 Å². The average molecular weight is 360 g/mol. The summed E-state index contributed by atoms with van der Waals surface area (Å²) in [6.45, 7) is 3.14. The molecule has 2 aromatic carbocycles. The highest BCUT2D eigenvalue weighted by molar-refractivity contribution is 5.98. The molecule has 1 saturated heterocycles. The molecule has 1 N–H and O–H groups in total. The molecule has 0 aromatic heterocycles. The Bertz CT molecular complexity index is 862. The Balaban J connectivity index is 1.73. The molecule has 1 amide bonds. The normalized spacial score (nSPS) is 14.4. The number of carboxylic acid groups (broad SMARTS) is 1. The van der Waals surface area contributed by atoms with E-state index in [2.05, 4.69) is 0 Å². The molecule has 0 bridgehead atoms. The zero-order valence-electron chi connectivity index (χ0n) is 14.2. The third-order valence-electron chi connectivity index (χ3n) is 4.39. The second-order valence-corrected chi connectivity index (χ2v) is 6.27. The van der Waals surface area contributed by atoms with Gasteiger partial charge in [-0.3, -0.25) is 4.79 Å². The summed E-state index contributed by atoms with van der Waals surface area (Å²) in [6.07, 6.45) is 0. The minimum atomic E-state index is -1.09. The molecule has 0 spiro atoms. The predicted molar refractivity (Wildman–Crippen MR) is 92.6 cm³/mol. The quantitative estimate of drug-likeness (QED) is 0.914. The van der Waals surface area contributed by atoms with Gasteiger partial charge in [-0.15, -0.1) is 0 Å². The summed E-state index contributed by atoms with van der Waals surface area (Å²) >= 11 is 0. The van der Waals surface area contributed by atoms with Crippen molar-refractivity contribution in [1.29, 1.82) is 0 Å². The van der Waals surface area contributed by atoms with E-state index in [1.54, 1.807) is 22.8 Å². The van der Waals surface area contributed by atoms with Gasteiger partial charge < -0.3 is 14.9 Å². The lowest BCUT2D eigenvalue weighted by Gasteiger charge is -2.36. The molecule has 0 unspecified atom stereocenters. The fraction of sp³-hybridized carbons (Fsp3) is 0.263. The minimum Gasteiger partial charge on any atom is -0.478 e. The summed E-state index contributed by atoms with van der Waals surface area (Å²) in [4.78, 5) is 27.1. The largest absolute Gasteiger partial charge is 0.478 e. The molecule has 1 aliphatic rings. The topological polar surface area (TPSA) is 60.9 Å². The number of benzene rings is 2. The van der Waals surface area contributed by atoms with Crippen molar-refractivity contribution in [3.63, 3.8) is 0 Å². The highest BCUT2D eigenvalue weighted by atomic mass is 19.1. The molecule has 5 nitrogen and oxygen atoms in total. The maximum absolute atomic E-state index is 13.9. The van der Waals surface area contributed by atoms with Gasteiger partial charge in [-0.05, 0) is 42.8 Å². The molecule has 3 rings (SSSR count). The molecular weight excluding hydrogens is 342 g/mol. The standard InChI is InChI=1S/C19H18F2N2O3/c1-12-8-13(10-14(9-12)19(25)26)18(24)23-6-4-22(5-7-23)17-11-15(20)2-3-16(17)21/h2-3,8-11H,4-7H2,1H3,(H,25,26). The maximum atomic E-state index is 13.9. The summed E-state index contributed by atoms with van der Waals surface area (Å²) in [5.74, 6) is -2.37. The van der Waals surface area contributed by atoms with E-state index in [0.29, 0.717) is 37.3 Å². The molecule has 1 heterocycles. The Kier molecular flexibility index (Phi) is 4.88. The maximum Gasteiger partial charge on any atom is 0.335 e. The van der Waals surface area contributed by atoms with Gasteiger partial charge in [0.05, 0.1) is 11.3 Å². The number of carboxylic acids is 1. The Morgan fingerprint density at radius 3 is 2.27 bits per heavy atom. The van der Waals surface area contributed by atoms with Crippen LogP contribution in [0.1, 0.15) is 26.3 Å². The van der Waals surface area contributed by atoms with Crippen LogP contribution >= 0.6 is 0 Å². The number of aromatic carboxylic acids is 1. The summed E-state index contributed by atoms with van der Waals surface area (Å²) < 4.78 is 27.3. The molecule has 0 atom stereocenters. The zero-order valence-corrected chi connectivity index (χ0v) is 14.2. The van der Waals surface area contributed by atoms with E-state index < -0.39 is 17.6 Å². The van der Waals surface area contributed by atoms with Crippen LogP contribution in [-0.4, -0.2) is 48.1 Å². The molecule has 136 valence electrons. The summed E-state index contributed by atoms with van der Waals surface area (Å²) in [7, 11) is 0. The first-order valence-electron chi connectivity index (χ1n) is 8.19. The lowest BCUT2D eigenvalue weighted by molar-refractivity contribution is 0.0696. The van der Waals surface area contributed by atoms with Crippen molar-refractivity contribution < 1.29 is 23.5 Å². The van der Waals surface area contributed by atoms with Crippen LogP contribution in [0.15, 0.2) is 36.4 Å². The van der Waals surface area contributed by atoms with Crippen molar-refractivity contribution >= 4 is 17.6 Å². The van der Waals surface area contributed by atoms with Crippen LogP contribution in [0.4, 0.5) is 14.5 Å². The molecule has 7 heteroatoms. The van der Waals surface area contributed by atoms with Crippen molar-refractivity contribution in [1.82, 2.24) is 4.90 Å². The van der Waals surface area contributed by atoms with Crippen LogP contribution in [0.2, 0.25) is 0 Å². The van der Waals surface area contributed by atoms with Crippen molar-refractivity contribution in [2.45, 2.75) is 6.92 Å². The number of aryl methyl sites for hydroxylation is 1. The van der Waals surface area contributed by atoms with Gasteiger partial charge in [-0.1, -0.05) is 0 Å². The van der Waals surface area contributed by atoms with Crippen LogP contribution in [0.5, 0.6) is 0 Å². The Morgan fingerprint density at radius 2 is 1.62 bits per heavy atom. The lowest BCUT2D eigenvalue weighted by Crippen LogP contribution is -2.49. The molecule has 1 fully saturated rings. The Morgan fingerprint density at radius 1 is 0.962 bits per heavy atom. The van der Waals surface area contributed by atoms with Crippen molar-refractivity contribution in [3.05, 3.63) is 64.7 Å². The monoisotopic (exact) mass is 360 g/mol. The molecular formula is C19H18F2N2O3. The smallest absolute Gasteiger partial charge is 0.335 e. The molecule has 1 aliphatic heterocycles. The van der Waals surface area contributed by atoms with Crippen LogP contribution in [0.3, 0.4) is 0 Å². The van der Waals surface area contributed by atoms with Gasteiger partial charge >= 0.3 is 5.97 Å². The number of nitrogens with zero attached hydrogens (tertiary/aromatic N) is 2. The summed E-state index contributed by atoms with van der Waals surface area (Å²) in [5.41, 5.74) is 1.25. The van der Waals surface area contributed by atoms with E-state index in [4.69, 9.17) is 5.11 Å². The molecule has 0 radical (unpaired) electrons. The molecule has 2 aromatic rings. The first-order valence-corrected chi connectivity index (χ1v) is 8.19. The van der Waals surface area contributed by atoms with Gasteiger partial charge in [0, 0.05) is 37.8 Å². The average Bonchev–Trinajstić information content (AvgIpc) is 2.62. The number of carbonyl (C=O) groups is 2. The van der Waals surface area contributed by atoms with Crippen LogP contribution in [0, 0.1) is 18.6 Å². The van der Waals surface area contributed by atoms with E-state index in [0.717, 1.165) is 18.2 Å². The van der Waals surface area contributed by atoms with Crippen molar-refractivity contribution in [3.8, 4) is 0 Å². The highest BCUT2D eigenvalue weighted by Crippen LogP contribution is 2.22. The third kappa shape index (κ3) is 3.66. The summed E-state index contributed by atoms with van der Waals surface area (Å²) in [5, 5.41) is 9.14. The molecule has 0 aliphatic carbocycles. The predicted octanol–water partition coefficient (Wildman–Crippen LogP) is 2.93. The number of anilines is 1. The van der Waals surface area contributed by atoms with Gasteiger partial charge in [0.15, 0.2) is 0 Å². The van der Waals surface area contributed by atoms with E-state index in [9.17, 15) is 18.4 Å². The second-order valence-electron chi connectivity index (χ2n) is 6.27. The van der Waals surface area contributed by atoms with Gasteiger partial charge in [0.25, 0.3) is 5.91 Å². The third-order valence-corrected chi connectivity index (χ3v) is 4.39. The summed E-state index contributed by atoms with van der Waals surface area (Å²) in [6, 6.07) is 7.80. The van der Waals surface area contributed by atoms with E-state index >= 15 is 0 Å². The van der Waals surface area contributed by atoms with E-state index in [1.807, 2.05) is 0 Å². The van der Waals surface area contributed by atoms with Crippen LogP contribution in [-0.2, 0) is 0 Å². The van der Waals surface area contributed by atoms with Crippen molar-refractivity contribution in [2.24, 2.45) is 0 Å². The fourth-order valence-corrected chi connectivity index (χ4v) is 3.09. The second kappa shape index (κ2) is 7.11. The Labute approximate surface area is 149 Å². The fourth-order valence-electron chi connectivity index (χ4n) is 3.09. The number of amides is 1. The Hall–Kier alpha value is -2.96. The number of halogens is 2. The zero-order chi connectivity index (χ0) is 18.8. The number of hydrogen-bond donors (Lipinski definition) is 1. The lowest BCUT2D eigenvalue weighted by atomic mass is 10.1. The minimum absolute atomic E-state index is 0.0637. The van der Waals surface area contributed by atoms with Gasteiger partial charge in [0.2, 0.25) is 0 Å². The molecule has 26 heavy (non-hydrogen) atoms. The highest BCUT2D eigenvalue weighted by Gasteiger charge is 2.24. The number of rotatable bonds is 3.